The number of nitrogens with two attached hydrogens (primary N) is 1. The Balaban J connectivity index is 1.86. The molecule has 1 aliphatic heterocycles. The monoisotopic (exact) mass is 281 g/mol. The quantitative estimate of drug-likeness (QED) is 0.787. The standard InChI is InChI=1S/C17H35N3/c1-19-13-8-5-9-16(19)10-14-20(2)17(15-18)11-6-3-4-7-12-17/h16H,3-15,18H2,1-2H3. The largest absolute Gasteiger partial charge is 0.329 e. The Bertz CT molecular complexity index is 271. The van der Waals surface area contributed by atoms with Crippen molar-refractivity contribution in [1.82, 2.24) is 9.80 Å². The third-order valence-corrected chi connectivity index (χ3v) is 5.94. The van der Waals surface area contributed by atoms with Gasteiger partial charge in [-0.2, -0.15) is 0 Å². The fourth-order valence-electron chi connectivity index (χ4n) is 4.22. The number of hydrogen-bond donors (Lipinski definition) is 1. The zero-order valence-corrected chi connectivity index (χ0v) is 13.7. The number of nitrogens with zero attached hydrogens (tertiary/aromatic N) is 2. The van der Waals surface area contributed by atoms with Crippen molar-refractivity contribution in [3.8, 4) is 0 Å². The van der Waals surface area contributed by atoms with E-state index in [-0.39, 0.29) is 0 Å². The van der Waals surface area contributed by atoms with Crippen LogP contribution >= 0.6 is 0 Å². The first-order valence-electron chi connectivity index (χ1n) is 8.79. The van der Waals surface area contributed by atoms with E-state index in [0.29, 0.717) is 5.54 Å². The summed E-state index contributed by atoms with van der Waals surface area (Å²) in [6.45, 7) is 3.34. The minimum absolute atomic E-state index is 0.295. The fraction of sp³-hybridized carbons (Fsp3) is 1.00. The van der Waals surface area contributed by atoms with Gasteiger partial charge in [-0.1, -0.05) is 32.1 Å². The van der Waals surface area contributed by atoms with E-state index in [4.69, 9.17) is 5.73 Å². The van der Waals surface area contributed by atoms with Gasteiger partial charge in [-0.05, 0) is 59.3 Å². The summed E-state index contributed by atoms with van der Waals surface area (Å²) in [5.74, 6) is 0. The minimum Gasteiger partial charge on any atom is -0.329 e. The molecular formula is C17H35N3. The van der Waals surface area contributed by atoms with Crippen molar-refractivity contribution in [2.45, 2.75) is 75.8 Å². The predicted octanol–water partition coefficient (Wildman–Crippen LogP) is 2.84. The Morgan fingerprint density at radius 3 is 2.40 bits per heavy atom. The highest BCUT2D eigenvalue weighted by molar-refractivity contribution is 4.92. The molecule has 2 rings (SSSR count). The van der Waals surface area contributed by atoms with Crippen LogP contribution in [0, 0.1) is 0 Å². The number of piperidine rings is 1. The Morgan fingerprint density at radius 2 is 1.80 bits per heavy atom. The summed E-state index contributed by atoms with van der Waals surface area (Å²) >= 11 is 0. The van der Waals surface area contributed by atoms with Crippen LogP contribution in [0.2, 0.25) is 0 Å². The summed E-state index contributed by atoms with van der Waals surface area (Å²) in [4.78, 5) is 5.18. The highest BCUT2D eigenvalue weighted by Crippen LogP contribution is 2.31. The Morgan fingerprint density at radius 1 is 1.10 bits per heavy atom. The van der Waals surface area contributed by atoms with Crippen LogP contribution in [0.3, 0.4) is 0 Å². The van der Waals surface area contributed by atoms with Crippen LogP contribution in [0.1, 0.15) is 64.2 Å². The lowest BCUT2D eigenvalue weighted by molar-refractivity contribution is 0.0859. The molecule has 118 valence electrons. The van der Waals surface area contributed by atoms with Gasteiger partial charge in [0.1, 0.15) is 0 Å². The summed E-state index contributed by atoms with van der Waals surface area (Å²) in [5.41, 5.74) is 6.49. The second-order valence-corrected chi connectivity index (χ2v) is 7.18. The van der Waals surface area contributed by atoms with E-state index in [1.165, 1.54) is 77.3 Å². The first-order valence-corrected chi connectivity index (χ1v) is 8.79. The summed E-state index contributed by atoms with van der Waals surface area (Å²) in [7, 11) is 4.62. The molecule has 1 unspecified atom stereocenters. The molecule has 3 nitrogen and oxygen atoms in total. The molecule has 2 aliphatic rings. The van der Waals surface area contributed by atoms with Crippen molar-refractivity contribution in [1.29, 1.82) is 0 Å². The summed E-state index contributed by atoms with van der Waals surface area (Å²) in [5, 5.41) is 0. The normalized spacial score (nSPS) is 28.5. The summed E-state index contributed by atoms with van der Waals surface area (Å²) in [6, 6.07) is 0.798. The van der Waals surface area contributed by atoms with Crippen molar-refractivity contribution < 1.29 is 0 Å². The SMILES string of the molecule is CN1CCCCC1CCN(C)C1(CN)CCCCCC1. The molecule has 0 radical (unpaired) electrons. The van der Waals surface area contributed by atoms with E-state index in [1.54, 1.807) is 0 Å². The zero-order chi connectivity index (χ0) is 14.4. The molecule has 2 fully saturated rings. The van der Waals surface area contributed by atoms with Crippen LogP contribution in [0.5, 0.6) is 0 Å². The maximum atomic E-state index is 6.19. The lowest BCUT2D eigenvalue weighted by Crippen LogP contribution is -2.53. The molecule has 0 aromatic rings. The molecule has 1 saturated heterocycles. The molecule has 0 aromatic carbocycles. The second-order valence-electron chi connectivity index (χ2n) is 7.18. The van der Waals surface area contributed by atoms with Crippen LogP contribution in [-0.4, -0.2) is 55.1 Å². The van der Waals surface area contributed by atoms with Gasteiger partial charge in [0, 0.05) is 18.1 Å². The average molecular weight is 281 g/mol. The van der Waals surface area contributed by atoms with Crippen molar-refractivity contribution in [3.05, 3.63) is 0 Å². The van der Waals surface area contributed by atoms with Gasteiger partial charge < -0.3 is 10.6 Å². The van der Waals surface area contributed by atoms with Crippen LogP contribution in [-0.2, 0) is 0 Å². The molecule has 1 aliphatic carbocycles. The molecule has 1 heterocycles. The van der Waals surface area contributed by atoms with Gasteiger partial charge in [-0.15, -0.1) is 0 Å². The first kappa shape index (κ1) is 16.3. The number of rotatable bonds is 5. The molecule has 0 bridgehead atoms. The summed E-state index contributed by atoms with van der Waals surface area (Å²) < 4.78 is 0. The van der Waals surface area contributed by atoms with E-state index < -0.39 is 0 Å². The average Bonchev–Trinajstić information content (AvgIpc) is 2.72. The molecule has 1 atom stereocenters. The van der Waals surface area contributed by atoms with Crippen molar-refractivity contribution in [2.24, 2.45) is 5.73 Å². The fourth-order valence-corrected chi connectivity index (χ4v) is 4.22. The van der Waals surface area contributed by atoms with Gasteiger partial charge in [0.2, 0.25) is 0 Å². The third-order valence-electron chi connectivity index (χ3n) is 5.94. The Kier molecular flexibility index (Phi) is 6.31. The van der Waals surface area contributed by atoms with Gasteiger partial charge in [0.05, 0.1) is 0 Å². The topological polar surface area (TPSA) is 32.5 Å². The molecule has 1 saturated carbocycles. The first-order chi connectivity index (χ1) is 9.68. The highest BCUT2D eigenvalue weighted by atomic mass is 15.2. The molecular weight excluding hydrogens is 246 g/mol. The third kappa shape index (κ3) is 3.96. The van der Waals surface area contributed by atoms with Gasteiger partial charge in [0.15, 0.2) is 0 Å². The van der Waals surface area contributed by atoms with Crippen molar-refractivity contribution >= 4 is 0 Å². The second kappa shape index (κ2) is 7.77. The van der Waals surface area contributed by atoms with Crippen LogP contribution in [0.25, 0.3) is 0 Å². The minimum atomic E-state index is 0.295. The van der Waals surface area contributed by atoms with Gasteiger partial charge in [-0.25, -0.2) is 0 Å². The maximum absolute atomic E-state index is 6.19. The molecule has 2 N–H and O–H groups in total. The molecule has 0 aromatic heterocycles. The van der Waals surface area contributed by atoms with E-state index in [9.17, 15) is 0 Å². The predicted molar refractivity (Wildman–Crippen MR) is 87.0 cm³/mol. The van der Waals surface area contributed by atoms with Crippen LogP contribution in [0.4, 0.5) is 0 Å². The number of hydrogen-bond acceptors (Lipinski definition) is 3. The number of likely N-dealkylation sites (N-methyl/N-ethyl adjacent to an activating group) is 1. The van der Waals surface area contributed by atoms with E-state index in [2.05, 4.69) is 23.9 Å². The lowest BCUT2D eigenvalue weighted by atomic mass is 9.88. The van der Waals surface area contributed by atoms with E-state index in [1.807, 2.05) is 0 Å². The molecule has 0 amide bonds. The zero-order valence-electron chi connectivity index (χ0n) is 13.7. The van der Waals surface area contributed by atoms with Crippen molar-refractivity contribution in [3.63, 3.8) is 0 Å². The highest BCUT2D eigenvalue weighted by Gasteiger charge is 2.33. The smallest absolute Gasteiger partial charge is 0.0328 e. The molecule has 3 heteroatoms. The summed E-state index contributed by atoms with van der Waals surface area (Å²) in [6.07, 6.45) is 13.7. The van der Waals surface area contributed by atoms with Gasteiger partial charge >= 0.3 is 0 Å². The van der Waals surface area contributed by atoms with Gasteiger partial charge in [0.25, 0.3) is 0 Å². The van der Waals surface area contributed by atoms with Gasteiger partial charge in [-0.3, -0.25) is 4.90 Å². The van der Waals surface area contributed by atoms with Crippen LogP contribution in [0.15, 0.2) is 0 Å². The lowest BCUT2D eigenvalue weighted by Gasteiger charge is -2.42. The Labute approximate surface area is 125 Å². The van der Waals surface area contributed by atoms with Crippen molar-refractivity contribution in [2.75, 3.05) is 33.7 Å². The number of likely N-dealkylation sites (tertiary alicyclic amines) is 1. The molecule has 20 heavy (non-hydrogen) atoms. The maximum Gasteiger partial charge on any atom is 0.0328 e. The van der Waals surface area contributed by atoms with E-state index >= 15 is 0 Å². The van der Waals surface area contributed by atoms with Crippen LogP contribution < -0.4 is 5.73 Å². The molecule has 0 spiro atoms. The Hall–Kier alpha value is -0.120. The van der Waals surface area contributed by atoms with E-state index in [0.717, 1.165) is 12.6 Å².